The molecule has 226 valence electrons. The van der Waals surface area contributed by atoms with E-state index in [2.05, 4.69) is 25.5 Å². The molecule has 4 aromatic rings. The number of rotatable bonds is 7. The summed E-state index contributed by atoms with van der Waals surface area (Å²) in [6.45, 7) is 4.02. The molecule has 0 aliphatic carbocycles. The van der Waals surface area contributed by atoms with Gasteiger partial charge in [0.25, 0.3) is 0 Å². The molecule has 2 atom stereocenters. The number of carbonyl (C=O) groups excluding carboxylic acids is 1. The number of benzene rings is 2. The first-order chi connectivity index (χ1) is 20.6. The largest absolute Gasteiger partial charge is 0.465 e. The van der Waals surface area contributed by atoms with Crippen LogP contribution < -0.4 is 20.7 Å². The fraction of sp³-hybridized carbons (Fsp3) is 0.400. The number of aromatic amines is 1. The maximum atomic E-state index is 14.3. The number of hydrogen-bond acceptors (Lipinski definition) is 9. The minimum Gasteiger partial charge on any atom is -0.465 e. The van der Waals surface area contributed by atoms with Gasteiger partial charge in [-0.2, -0.15) is 28.2 Å². The number of anilines is 2. The van der Waals surface area contributed by atoms with Gasteiger partial charge >= 0.3 is 12.1 Å². The van der Waals surface area contributed by atoms with Crippen molar-refractivity contribution in [2.24, 2.45) is 5.41 Å². The lowest BCUT2D eigenvalue weighted by Gasteiger charge is -2.39. The highest BCUT2D eigenvalue weighted by molar-refractivity contribution is 5.84. The zero-order valence-electron chi connectivity index (χ0n) is 23.5. The summed E-state index contributed by atoms with van der Waals surface area (Å²) in [6.07, 6.45) is -3.03. The Kier molecular flexibility index (Phi) is 7.59. The second-order valence-electron chi connectivity index (χ2n) is 11.1. The number of fused-ring (bicyclic) bond motifs is 1. The Morgan fingerprint density at radius 1 is 1.12 bits per heavy atom. The molecule has 4 heterocycles. The standard InChI is InChI=1S/C30H32F3N7O3/c1-2-42-27(41)23-15-29(17-35-23)9-11-40(12-10-29)24-14-25(38-28(34)37-24)43-26(30(31,32)33)19-5-3-18(4-6-19)20-7-8-22-21(13-20)16-36-39-22/h3-8,13-14,16,23,26,35H,2,9-12,15,17H2,1H3,(H,36,39)(H2,34,37,38)/t23?,26-/m1/s1. The van der Waals surface area contributed by atoms with Crippen LogP contribution in [0.3, 0.4) is 0 Å². The van der Waals surface area contributed by atoms with Crippen molar-refractivity contribution < 1.29 is 27.4 Å². The van der Waals surface area contributed by atoms with Crippen LogP contribution in [-0.4, -0.2) is 64.6 Å². The maximum Gasteiger partial charge on any atom is 0.429 e. The number of nitrogens with one attached hydrogen (secondary N) is 2. The van der Waals surface area contributed by atoms with Gasteiger partial charge in [-0.1, -0.05) is 30.3 Å². The summed E-state index contributed by atoms with van der Waals surface area (Å²) in [5, 5.41) is 11.1. The van der Waals surface area contributed by atoms with Crippen molar-refractivity contribution in [2.45, 2.75) is 44.5 Å². The summed E-state index contributed by atoms with van der Waals surface area (Å²) in [5.41, 5.74) is 8.29. The normalized spacial score (nSPS) is 19.1. The molecule has 0 radical (unpaired) electrons. The third-order valence-electron chi connectivity index (χ3n) is 8.31. The van der Waals surface area contributed by atoms with Gasteiger partial charge in [0.1, 0.15) is 11.9 Å². The second kappa shape index (κ2) is 11.4. The topological polar surface area (TPSA) is 131 Å². The number of hydrogen-bond donors (Lipinski definition) is 3. The summed E-state index contributed by atoms with van der Waals surface area (Å²) >= 11 is 0. The molecule has 2 saturated heterocycles. The van der Waals surface area contributed by atoms with Gasteiger partial charge in [-0.25, -0.2) is 0 Å². The van der Waals surface area contributed by atoms with Crippen molar-refractivity contribution in [1.29, 1.82) is 0 Å². The number of nitrogens with zero attached hydrogens (tertiary/aromatic N) is 4. The molecule has 2 aromatic carbocycles. The molecule has 1 unspecified atom stereocenters. The van der Waals surface area contributed by atoms with Gasteiger partial charge in [0.15, 0.2) is 0 Å². The number of nitrogens with two attached hydrogens (primary N) is 1. The van der Waals surface area contributed by atoms with Crippen LogP contribution in [0.2, 0.25) is 0 Å². The maximum absolute atomic E-state index is 14.3. The summed E-state index contributed by atoms with van der Waals surface area (Å²) in [4.78, 5) is 22.4. The minimum atomic E-state index is -4.71. The first-order valence-electron chi connectivity index (χ1n) is 14.2. The van der Waals surface area contributed by atoms with Crippen molar-refractivity contribution in [3.8, 4) is 17.0 Å². The van der Waals surface area contributed by atoms with Gasteiger partial charge in [0.05, 0.1) is 18.3 Å². The van der Waals surface area contributed by atoms with Crippen LogP contribution in [0.15, 0.2) is 54.7 Å². The summed E-state index contributed by atoms with van der Waals surface area (Å²) in [6, 6.07) is 12.8. The van der Waals surface area contributed by atoms with Crippen LogP contribution >= 0.6 is 0 Å². The van der Waals surface area contributed by atoms with E-state index >= 15 is 0 Å². The first-order valence-corrected chi connectivity index (χ1v) is 14.2. The molecular weight excluding hydrogens is 563 g/mol. The molecule has 4 N–H and O–H groups in total. The third kappa shape index (κ3) is 6.07. The van der Waals surface area contributed by atoms with Gasteiger partial charge < -0.3 is 25.4 Å². The van der Waals surface area contributed by atoms with Gasteiger partial charge in [0.2, 0.25) is 17.9 Å². The number of aromatic nitrogens is 4. The zero-order valence-corrected chi connectivity index (χ0v) is 23.5. The van der Waals surface area contributed by atoms with Gasteiger partial charge in [-0.05, 0) is 54.9 Å². The predicted molar refractivity (Wildman–Crippen MR) is 154 cm³/mol. The Hall–Kier alpha value is -4.39. The average molecular weight is 596 g/mol. The van der Waals surface area contributed by atoms with Crippen molar-refractivity contribution in [3.63, 3.8) is 0 Å². The van der Waals surface area contributed by atoms with E-state index in [1.165, 1.54) is 18.2 Å². The molecule has 43 heavy (non-hydrogen) atoms. The lowest BCUT2D eigenvalue weighted by atomic mass is 9.76. The predicted octanol–water partition coefficient (Wildman–Crippen LogP) is 4.80. The average Bonchev–Trinajstić information content (AvgIpc) is 3.63. The van der Waals surface area contributed by atoms with Crippen LogP contribution in [0.25, 0.3) is 22.0 Å². The van der Waals surface area contributed by atoms with Crippen molar-refractivity contribution in [1.82, 2.24) is 25.5 Å². The first kappa shape index (κ1) is 28.7. The van der Waals surface area contributed by atoms with E-state index in [4.69, 9.17) is 15.2 Å². The quantitative estimate of drug-likeness (QED) is 0.258. The number of carbonyl (C=O) groups is 1. The molecule has 13 heteroatoms. The lowest BCUT2D eigenvalue weighted by molar-refractivity contribution is -0.198. The molecule has 0 saturated carbocycles. The molecule has 6 rings (SSSR count). The van der Waals surface area contributed by atoms with E-state index in [1.54, 1.807) is 25.3 Å². The van der Waals surface area contributed by atoms with Crippen molar-refractivity contribution >= 4 is 28.6 Å². The molecule has 1 spiro atoms. The summed E-state index contributed by atoms with van der Waals surface area (Å²) in [7, 11) is 0. The van der Waals surface area contributed by atoms with Gasteiger partial charge in [-0.15, -0.1) is 0 Å². The Balaban J connectivity index is 1.16. The summed E-state index contributed by atoms with van der Waals surface area (Å²) < 4.78 is 53.4. The zero-order chi connectivity index (χ0) is 30.2. The van der Waals surface area contributed by atoms with Gasteiger partial charge in [-0.3, -0.25) is 9.89 Å². The third-order valence-corrected chi connectivity index (χ3v) is 8.31. The van der Waals surface area contributed by atoms with E-state index in [9.17, 15) is 18.0 Å². The Morgan fingerprint density at radius 3 is 2.58 bits per heavy atom. The Morgan fingerprint density at radius 2 is 1.86 bits per heavy atom. The molecule has 2 aliphatic heterocycles. The van der Waals surface area contributed by atoms with E-state index in [1.807, 2.05) is 23.1 Å². The number of halogens is 3. The monoisotopic (exact) mass is 595 g/mol. The van der Waals surface area contributed by atoms with Crippen LogP contribution in [0.1, 0.15) is 37.9 Å². The van der Waals surface area contributed by atoms with Crippen LogP contribution in [0, 0.1) is 5.41 Å². The Bertz CT molecular complexity index is 1600. The number of nitrogen functional groups attached to an aromatic ring is 1. The second-order valence-corrected chi connectivity index (χ2v) is 11.1. The van der Waals surface area contributed by atoms with Crippen LogP contribution in [-0.2, 0) is 9.53 Å². The number of alkyl halides is 3. The number of H-pyrrole nitrogens is 1. The van der Waals surface area contributed by atoms with E-state index in [-0.39, 0.29) is 34.8 Å². The van der Waals surface area contributed by atoms with Gasteiger partial charge in [0, 0.05) is 36.7 Å². The molecule has 10 nitrogen and oxygen atoms in total. The van der Waals surface area contributed by atoms with Crippen molar-refractivity contribution in [3.05, 3.63) is 60.3 Å². The number of piperidine rings is 1. The van der Waals surface area contributed by atoms with Crippen LogP contribution in [0.5, 0.6) is 5.88 Å². The SMILES string of the molecule is CCOC(=O)C1CC2(CCN(c3cc(O[C@H](c4ccc(-c5ccc6[nH]ncc6c5)cc4)C(F)(F)F)nc(N)n3)CC2)CN1. The smallest absolute Gasteiger partial charge is 0.429 e. The fourth-order valence-electron chi connectivity index (χ4n) is 5.99. The highest BCUT2D eigenvalue weighted by Gasteiger charge is 2.45. The number of ether oxygens (including phenoxy) is 2. The molecule has 2 aromatic heterocycles. The molecule has 2 fully saturated rings. The van der Waals surface area contributed by atoms with Crippen molar-refractivity contribution in [2.75, 3.05) is 36.9 Å². The van der Waals surface area contributed by atoms with E-state index in [0.717, 1.165) is 34.9 Å². The molecular formula is C30H32F3N7O3. The molecule has 0 amide bonds. The molecule has 2 aliphatic rings. The summed E-state index contributed by atoms with van der Waals surface area (Å²) in [5.74, 6) is -0.277. The minimum absolute atomic E-state index is 0.0519. The lowest BCUT2D eigenvalue weighted by Crippen LogP contribution is -2.41. The molecule has 0 bridgehead atoms. The highest BCUT2D eigenvalue weighted by atomic mass is 19.4. The highest BCUT2D eigenvalue weighted by Crippen LogP contribution is 2.42. The number of esters is 1. The van der Waals surface area contributed by atoms with E-state index < -0.39 is 12.3 Å². The fourth-order valence-corrected chi connectivity index (χ4v) is 5.99. The van der Waals surface area contributed by atoms with E-state index in [0.29, 0.717) is 38.5 Å². The Labute approximate surface area is 245 Å². The van der Waals surface area contributed by atoms with Crippen LogP contribution in [0.4, 0.5) is 24.9 Å².